The maximum Gasteiger partial charge on any atom is 0.114 e. The van der Waals surface area contributed by atoms with E-state index in [1.54, 1.807) is 0 Å². The molecule has 8 heteroatoms. The molecule has 7 nitrogen and oxygen atoms in total. The number of ether oxygens (including phenoxy) is 2. The van der Waals surface area contributed by atoms with Gasteiger partial charge in [-0.3, -0.25) is 0 Å². The largest absolute Gasteiger partial charge is 0.394 e. The lowest BCUT2D eigenvalue weighted by Gasteiger charge is -2.42. The molecule has 1 heterocycles. The average molecular weight is 339 g/mol. The third kappa shape index (κ3) is 4.60. The van der Waals surface area contributed by atoms with E-state index in [2.05, 4.69) is 10.0 Å². The van der Waals surface area contributed by atoms with E-state index in [4.69, 9.17) is 15.0 Å². The van der Waals surface area contributed by atoms with Gasteiger partial charge in [-0.25, -0.2) is 0 Å². The highest BCUT2D eigenvalue weighted by atomic mass is 32.2. The van der Waals surface area contributed by atoms with Crippen molar-refractivity contribution in [3.05, 3.63) is 46.3 Å². The van der Waals surface area contributed by atoms with Crippen molar-refractivity contribution >= 4 is 11.8 Å². The normalized spacial score (nSPS) is 30.7. The summed E-state index contributed by atoms with van der Waals surface area (Å²) < 4.78 is 11.5. The van der Waals surface area contributed by atoms with Gasteiger partial charge >= 0.3 is 0 Å². The molecule has 0 bridgehead atoms. The van der Waals surface area contributed by atoms with Crippen LogP contribution >= 0.6 is 11.8 Å². The molecule has 0 aromatic heterocycles. The number of hydrogen-bond acceptors (Lipinski definition) is 6. The zero-order chi connectivity index (χ0) is 16.7. The summed E-state index contributed by atoms with van der Waals surface area (Å²) in [4.78, 5) is 2.86. The molecule has 5 atom stereocenters. The maximum absolute atomic E-state index is 10.4. The monoisotopic (exact) mass is 339 g/mol. The van der Waals surface area contributed by atoms with Crippen molar-refractivity contribution in [3.63, 3.8) is 0 Å². The number of benzene rings is 1. The number of aliphatic hydroxyl groups is 2. The van der Waals surface area contributed by atoms with Crippen LogP contribution in [-0.2, 0) is 16.1 Å². The van der Waals surface area contributed by atoms with E-state index in [0.29, 0.717) is 0 Å². The summed E-state index contributed by atoms with van der Waals surface area (Å²) in [7, 11) is 0. The van der Waals surface area contributed by atoms with Gasteiger partial charge < -0.3 is 19.7 Å². The lowest BCUT2D eigenvalue weighted by molar-refractivity contribution is -0.185. The van der Waals surface area contributed by atoms with Gasteiger partial charge in [0.05, 0.1) is 19.3 Å². The quantitative estimate of drug-likeness (QED) is 0.449. The first-order valence-corrected chi connectivity index (χ1v) is 8.51. The second-order valence-electron chi connectivity index (χ2n) is 5.13. The van der Waals surface area contributed by atoms with E-state index in [1.807, 2.05) is 37.3 Å². The second kappa shape index (κ2) is 9.12. The van der Waals surface area contributed by atoms with E-state index in [1.165, 1.54) is 11.8 Å². The summed E-state index contributed by atoms with van der Waals surface area (Å²) >= 11 is 1.46. The molecule has 1 aliphatic rings. The molecule has 0 spiro atoms. The average Bonchev–Trinajstić information content (AvgIpc) is 2.58. The van der Waals surface area contributed by atoms with Crippen LogP contribution in [0, 0.1) is 0 Å². The Balaban J connectivity index is 2.16. The van der Waals surface area contributed by atoms with Crippen molar-refractivity contribution in [2.75, 3.05) is 12.4 Å². The van der Waals surface area contributed by atoms with Crippen molar-refractivity contribution in [3.8, 4) is 0 Å². The van der Waals surface area contributed by atoms with E-state index < -0.39 is 29.8 Å². The molecule has 1 saturated heterocycles. The number of azide groups is 1. The van der Waals surface area contributed by atoms with Gasteiger partial charge in [0.25, 0.3) is 0 Å². The smallest absolute Gasteiger partial charge is 0.114 e. The predicted octanol–water partition coefficient (Wildman–Crippen LogP) is 2.08. The molecule has 0 aliphatic carbocycles. The van der Waals surface area contributed by atoms with Gasteiger partial charge in [0.1, 0.15) is 23.7 Å². The number of nitrogens with zero attached hydrogens (tertiary/aromatic N) is 3. The van der Waals surface area contributed by atoms with Gasteiger partial charge in [0.15, 0.2) is 0 Å². The first kappa shape index (κ1) is 18.1. The molecule has 1 aromatic rings. The fraction of sp³-hybridized carbons (Fsp3) is 0.600. The van der Waals surface area contributed by atoms with Crippen molar-refractivity contribution in [1.29, 1.82) is 0 Å². The van der Waals surface area contributed by atoms with Crippen LogP contribution in [0.3, 0.4) is 0 Å². The summed E-state index contributed by atoms with van der Waals surface area (Å²) in [5, 5.41) is 23.6. The molecule has 1 fully saturated rings. The number of rotatable bonds is 7. The molecule has 0 saturated carbocycles. The molecule has 1 aromatic carbocycles. The fourth-order valence-electron chi connectivity index (χ4n) is 2.50. The van der Waals surface area contributed by atoms with Crippen molar-refractivity contribution in [2.45, 2.75) is 43.3 Å². The Bertz CT molecular complexity index is 527. The Morgan fingerprint density at radius 1 is 1.39 bits per heavy atom. The SMILES string of the molecule is CCS[C@@H]1O[C@H](CO)[C@H](O)[C@H](OCc2ccccc2)[C@H]1N=[N+]=[N-]. The topological polar surface area (TPSA) is 108 Å². The number of hydrogen-bond donors (Lipinski definition) is 2. The van der Waals surface area contributed by atoms with E-state index >= 15 is 0 Å². The van der Waals surface area contributed by atoms with Crippen LogP contribution in [-0.4, -0.2) is 52.4 Å². The Morgan fingerprint density at radius 2 is 2.13 bits per heavy atom. The summed E-state index contributed by atoms with van der Waals surface area (Å²) in [6.07, 6.45) is -2.56. The van der Waals surface area contributed by atoms with Crippen molar-refractivity contribution < 1.29 is 19.7 Å². The Morgan fingerprint density at radius 3 is 2.74 bits per heavy atom. The van der Waals surface area contributed by atoms with E-state index in [-0.39, 0.29) is 13.2 Å². The van der Waals surface area contributed by atoms with Crippen molar-refractivity contribution in [2.24, 2.45) is 5.11 Å². The van der Waals surface area contributed by atoms with Gasteiger partial charge in [-0.2, -0.15) is 0 Å². The Kier molecular flexibility index (Phi) is 7.16. The minimum atomic E-state index is -1.06. The summed E-state index contributed by atoms with van der Waals surface area (Å²) in [6.45, 7) is 1.91. The molecule has 0 amide bonds. The van der Waals surface area contributed by atoms with Crippen LogP contribution in [0.15, 0.2) is 35.4 Å². The highest BCUT2D eigenvalue weighted by Crippen LogP contribution is 2.32. The molecule has 2 rings (SSSR count). The standard InChI is InChI=1S/C15H21N3O4S/c1-2-23-15-12(17-18-16)14(13(20)11(8-19)22-15)21-9-10-6-4-3-5-7-10/h3-7,11-15,19-20H,2,8-9H2,1H3/t11-,12-,13+,14-,15+/m1/s1. The Hall–Kier alpha value is -1.28. The lowest BCUT2D eigenvalue weighted by Crippen LogP contribution is -2.57. The molecule has 2 N–H and O–H groups in total. The van der Waals surface area contributed by atoms with Gasteiger partial charge in [-0.1, -0.05) is 42.4 Å². The minimum absolute atomic E-state index is 0.279. The van der Waals surface area contributed by atoms with Gasteiger partial charge in [0.2, 0.25) is 0 Å². The highest BCUT2D eigenvalue weighted by molar-refractivity contribution is 7.99. The van der Waals surface area contributed by atoms with Crippen LogP contribution in [0.4, 0.5) is 0 Å². The van der Waals surface area contributed by atoms with E-state index in [0.717, 1.165) is 11.3 Å². The molecule has 0 radical (unpaired) electrons. The first-order valence-electron chi connectivity index (χ1n) is 7.47. The third-order valence-electron chi connectivity index (χ3n) is 3.62. The number of thioether (sulfide) groups is 1. The molecule has 1 aliphatic heterocycles. The molecule has 23 heavy (non-hydrogen) atoms. The maximum atomic E-state index is 10.4. The molecular weight excluding hydrogens is 318 g/mol. The van der Waals surface area contributed by atoms with Gasteiger partial charge in [-0.05, 0) is 16.8 Å². The van der Waals surface area contributed by atoms with Crippen LogP contribution < -0.4 is 0 Å². The third-order valence-corrected chi connectivity index (χ3v) is 4.67. The molecule has 126 valence electrons. The summed E-state index contributed by atoms with van der Waals surface area (Å²) in [5.41, 5.74) is 9.31. The molecular formula is C15H21N3O4S. The second-order valence-corrected chi connectivity index (χ2v) is 6.50. The highest BCUT2D eigenvalue weighted by Gasteiger charge is 2.45. The van der Waals surface area contributed by atoms with Gasteiger partial charge in [0, 0.05) is 4.91 Å². The Labute approximate surface area is 139 Å². The number of aliphatic hydroxyl groups excluding tert-OH is 2. The summed E-state index contributed by atoms with van der Waals surface area (Å²) in [6, 6.07) is 8.87. The minimum Gasteiger partial charge on any atom is -0.394 e. The van der Waals surface area contributed by atoms with E-state index in [9.17, 15) is 10.2 Å². The van der Waals surface area contributed by atoms with Crippen LogP contribution in [0.5, 0.6) is 0 Å². The first-order chi connectivity index (χ1) is 11.2. The molecule has 0 unspecified atom stereocenters. The van der Waals surface area contributed by atoms with Crippen molar-refractivity contribution in [1.82, 2.24) is 0 Å². The zero-order valence-corrected chi connectivity index (χ0v) is 13.7. The van der Waals surface area contributed by atoms with Crippen LogP contribution in [0.1, 0.15) is 12.5 Å². The summed E-state index contributed by atoms with van der Waals surface area (Å²) in [5.74, 6) is 0.752. The van der Waals surface area contributed by atoms with Crippen LogP contribution in [0.2, 0.25) is 0 Å². The zero-order valence-electron chi connectivity index (χ0n) is 12.9. The fourth-order valence-corrected chi connectivity index (χ4v) is 3.45. The lowest BCUT2D eigenvalue weighted by atomic mass is 9.98. The van der Waals surface area contributed by atoms with Gasteiger partial charge in [-0.15, -0.1) is 11.8 Å². The predicted molar refractivity (Wildman–Crippen MR) is 87.8 cm³/mol. The van der Waals surface area contributed by atoms with Crippen LogP contribution in [0.25, 0.3) is 10.4 Å².